The third-order valence-corrected chi connectivity index (χ3v) is 3.14. The summed E-state index contributed by atoms with van der Waals surface area (Å²) in [7, 11) is 3.18. The Labute approximate surface area is 123 Å². The van der Waals surface area contributed by atoms with Gasteiger partial charge in [0.2, 0.25) is 0 Å². The summed E-state index contributed by atoms with van der Waals surface area (Å²) in [6.07, 6.45) is 0.459. The summed E-state index contributed by atoms with van der Waals surface area (Å²) >= 11 is 0. The first-order chi connectivity index (χ1) is 10.1. The van der Waals surface area contributed by atoms with Gasteiger partial charge in [-0.15, -0.1) is 0 Å². The third kappa shape index (κ3) is 3.79. The van der Waals surface area contributed by atoms with E-state index in [0.717, 1.165) is 5.69 Å². The molecular weight excluding hydrogens is 268 g/mol. The van der Waals surface area contributed by atoms with Crippen LogP contribution < -0.4 is 4.74 Å². The topological polar surface area (TPSA) is 62.7 Å². The molecule has 5 nitrogen and oxygen atoms in total. The van der Waals surface area contributed by atoms with E-state index in [1.807, 2.05) is 18.2 Å². The molecule has 0 spiro atoms. The van der Waals surface area contributed by atoms with Crippen molar-refractivity contribution in [2.24, 2.45) is 0 Å². The van der Waals surface area contributed by atoms with Crippen LogP contribution in [0.5, 0.6) is 5.75 Å². The third-order valence-electron chi connectivity index (χ3n) is 3.14. The molecule has 21 heavy (non-hydrogen) atoms. The van der Waals surface area contributed by atoms with Crippen LogP contribution >= 0.6 is 0 Å². The number of nitrogens with zero attached hydrogens (tertiary/aromatic N) is 2. The van der Waals surface area contributed by atoms with Crippen LogP contribution in [0.25, 0.3) is 0 Å². The van der Waals surface area contributed by atoms with Crippen LogP contribution in [-0.2, 0) is 11.3 Å². The molecule has 2 rings (SSSR count). The highest BCUT2D eigenvalue weighted by Gasteiger charge is 2.22. The van der Waals surface area contributed by atoms with E-state index in [4.69, 9.17) is 4.74 Å². The Kier molecular flexibility index (Phi) is 4.90. The van der Waals surface area contributed by atoms with Gasteiger partial charge >= 0.3 is 0 Å². The Hall–Kier alpha value is -2.40. The lowest BCUT2D eigenvalue weighted by Gasteiger charge is -2.20. The number of amides is 1. The number of aromatic nitrogens is 1. The monoisotopic (exact) mass is 286 g/mol. The molecule has 1 unspecified atom stereocenters. The van der Waals surface area contributed by atoms with Crippen LogP contribution in [-0.4, -0.2) is 35.1 Å². The van der Waals surface area contributed by atoms with E-state index in [9.17, 15) is 9.90 Å². The number of likely N-dealkylation sites (N-methyl/N-ethyl adjacent to an activating group) is 1. The normalized spacial score (nSPS) is 11.8. The number of aliphatic hydroxyl groups is 1. The van der Waals surface area contributed by atoms with Gasteiger partial charge in [0.15, 0.2) is 6.10 Å². The SMILES string of the molecule is COc1cccc(C(O)C(=O)N(C)Cc2ccccn2)c1. The van der Waals surface area contributed by atoms with Gasteiger partial charge in [-0.1, -0.05) is 18.2 Å². The maximum Gasteiger partial charge on any atom is 0.256 e. The van der Waals surface area contributed by atoms with Gasteiger partial charge in [0, 0.05) is 13.2 Å². The van der Waals surface area contributed by atoms with Crippen LogP contribution in [0.4, 0.5) is 0 Å². The molecule has 1 aromatic heterocycles. The molecule has 1 atom stereocenters. The van der Waals surface area contributed by atoms with Gasteiger partial charge in [-0.3, -0.25) is 9.78 Å². The van der Waals surface area contributed by atoms with E-state index in [1.54, 1.807) is 44.6 Å². The molecule has 110 valence electrons. The number of aliphatic hydroxyl groups excluding tert-OH is 1. The van der Waals surface area contributed by atoms with Crippen molar-refractivity contribution in [3.05, 3.63) is 59.9 Å². The Balaban J connectivity index is 2.07. The van der Waals surface area contributed by atoms with Crippen molar-refractivity contribution in [2.45, 2.75) is 12.6 Å². The van der Waals surface area contributed by atoms with Crippen LogP contribution in [0, 0.1) is 0 Å². The highest BCUT2D eigenvalue weighted by atomic mass is 16.5. The molecule has 0 aliphatic carbocycles. The average molecular weight is 286 g/mol. The number of pyridine rings is 1. The highest BCUT2D eigenvalue weighted by molar-refractivity contribution is 5.81. The van der Waals surface area contributed by atoms with E-state index in [1.165, 1.54) is 4.90 Å². The number of methoxy groups -OCH3 is 1. The zero-order chi connectivity index (χ0) is 15.2. The molecule has 1 amide bonds. The summed E-state index contributed by atoms with van der Waals surface area (Å²) in [5.74, 6) is 0.223. The quantitative estimate of drug-likeness (QED) is 0.910. The fourth-order valence-corrected chi connectivity index (χ4v) is 1.98. The predicted octanol–water partition coefficient (Wildman–Crippen LogP) is 1.78. The van der Waals surface area contributed by atoms with Crippen LogP contribution in [0.3, 0.4) is 0 Å². The zero-order valence-electron chi connectivity index (χ0n) is 12.1. The lowest BCUT2D eigenvalue weighted by atomic mass is 10.1. The van der Waals surface area contributed by atoms with Crippen molar-refractivity contribution >= 4 is 5.91 Å². The van der Waals surface area contributed by atoms with Crippen LogP contribution in [0.15, 0.2) is 48.7 Å². The van der Waals surface area contributed by atoms with Crippen molar-refractivity contribution in [1.82, 2.24) is 9.88 Å². The maximum atomic E-state index is 12.3. The van der Waals surface area contributed by atoms with Gasteiger partial charge < -0.3 is 14.7 Å². The molecule has 0 radical (unpaired) electrons. The van der Waals surface area contributed by atoms with Gasteiger partial charge in [0.1, 0.15) is 5.75 Å². The molecule has 5 heteroatoms. The Morgan fingerprint density at radius 1 is 1.33 bits per heavy atom. The summed E-state index contributed by atoms with van der Waals surface area (Å²) in [5, 5.41) is 10.2. The number of carbonyl (C=O) groups is 1. The van der Waals surface area contributed by atoms with Gasteiger partial charge in [0.25, 0.3) is 5.91 Å². The van der Waals surface area contributed by atoms with Crippen molar-refractivity contribution in [2.75, 3.05) is 14.2 Å². The van der Waals surface area contributed by atoms with E-state index in [0.29, 0.717) is 17.9 Å². The molecule has 0 aliphatic rings. The Bertz CT molecular complexity index is 601. The molecule has 1 N–H and O–H groups in total. The first-order valence-corrected chi connectivity index (χ1v) is 6.58. The zero-order valence-corrected chi connectivity index (χ0v) is 12.1. The lowest BCUT2D eigenvalue weighted by molar-refractivity contribution is -0.139. The van der Waals surface area contributed by atoms with Gasteiger partial charge in [-0.25, -0.2) is 0 Å². The van der Waals surface area contributed by atoms with E-state index >= 15 is 0 Å². The standard InChI is InChI=1S/C16H18N2O3/c1-18(11-13-7-3-4-9-17-13)16(20)15(19)12-6-5-8-14(10-12)21-2/h3-10,15,19H,11H2,1-2H3. The Morgan fingerprint density at radius 2 is 2.14 bits per heavy atom. The summed E-state index contributed by atoms with van der Waals surface area (Å²) in [6.45, 7) is 0.348. The number of rotatable bonds is 5. The average Bonchev–Trinajstić information content (AvgIpc) is 2.54. The van der Waals surface area contributed by atoms with E-state index in [-0.39, 0.29) is 5.91 Å². The number of benzene rings is 1. The van der Waals surface area contributed by atoms with Crippen molar-refractivity contribution < 1.29 is 14.6 Å². The molecular formula is C16H18N2O3. The molecule has 0 bridgehead atoms. The summed E-state index contributed by atoms with van der Waals surface area (Å²) in [5.41, 5.74) is 1.28. The van der Waals surface area contributed by atoms with Crippen molar-refractivity contribution in [1.29, 1.82) is 0 Å². The second-order valence-electron chi connectivity index (χ2n) is 4.69. The maximum absolute atomic E-state index is 12.3. The summed E-state index contributed by atoms with van der Waals surface area (Å²) in [4.78, 5) is 17.9. The number of carbonyl (C=O) groups excluding carboxylic acids is 1. The highest BCUT2D eigenvalue weighted by Crippen LogP contribution is 2.20. The molecule has 0 fully saturated rings. The molecule has 0 aliphatic heterocycles. The van der Waals surface area contributed by atoms with Gasteiger partial charge in [-0.05, 0) is 29.8 Å². The van der Waals surface area contributed by atoms with Gasteiger partial charge in [-0.2, -0.15) is 0 Å². The lowest BCUT2D eigenvalue weighted by Crippen LogP contribution is -2.31. The smallest absolute Gasteiger partial charge is 0.256 e. The second kappa shape index (κ2) is 6.85. The number of ether oxygens (including phenoxy) is 1. The molecule has 1 aromatic carbocycles. The summed E-state index contributed by atoms with van der Waals surface area (Å²) < 4.78 is 5.09. The molecule has 0 saturated heterocycles. The van der Waals surface area contributed by atoms with Crippen LogP contribution in [0.2, 0.25) is 0 Å². The van der Waals surface area contributed by atoms with E-state index in [2.05, 4.69) is 4.98 Å². The van der Waals surface area contributed by atoms with Crippen molar-refractivity contribution in [3.63, 3.8) is 0 Å². The number of hydrogen-bond acceptors (Lipinski definition) is 4. The molecule has 1 heterocycles. The summed E-state index contributed by atoms with van der Waals surface area (Å²) in [6, 6.07) is 12.4. The van der Waals surface area contributed by atoms with Crippen molar-refractivity contribution in [3.8, 4) is 5.75 Å². The fraction of sp³-hybridized carbons (Fsp3) is 0.250. The minimum atomic E-state index is -1.21. The molecule has 2 aromatic rings. The fourth-order valence-electron chi connectivity index (χ4n) is 1.98. The Morgan fingerprint density at radius 3 is 2.81 bits per heavy atom. The predicted molar refractivity (Wildman–Crippen MR) is 78.7 cm³/mol. The van der Waals surface area contributed by atoms with Crippen LogP contribution in [0.1, 0.15) is 17.4 Å². The second-order valence-corrected chi connectivity index (χ2v) is 4.69. The first-order valence-electron chi connectivity index (χ1n) is 6.58. The number of hydrogen-bond donors (Lipinski definition) is 1. The largest absolute Gasteiger partial charge is 0.497 e. The first kappa shape index (κ1) is 15.0. The molecule has 0 saturated carbocycles. The van der Waals surface area contributed by atoms with Gasteiger partial charge in [0.05, 0.1) is 19.3 Å². The van der Waals surface area contributed by atoms with E-state index < -0.39 is 6.10 Å². The minimum Gasteiger partial charge on any atom is -0.497 e. The minimum absolute atomic E-state index is 0.348.